The van der Waals surface area contributed by atoms with Gasteiger partial charge in [0.25, 0.3) is 0 Å². The van der Waals surface area contributed by atoms with E-state index >= 15 is 0 Å². The number of benzene rings is 1. The van der Waals surface area contributed by atoms with Crippen LogP contribution >= 0.6 is 0 Å². The molecule has 1 saturated carbocycles. The number of ether oxygens (including phenoxy) is 2. The highest BCUT2D eigenvalue weighted by Gasteiger charge is 2.31. The van der Waals surface area contributed by atoms with Crippen molar-refractivity contribution in [2.45, 2.75) is 71.0 Å². The van der Waals surface area contributed by atoms with Gasteiger partial charge in [0.05, 0.1) is 13.2 Å². The topological polar surface area (TPSA) is 18.5 Å². The van der Waals surface area contributed by atoms with E-state index < -0.39 is 0 Å². The Morgan fingerprint density at radius 2 is 1.65 bits per heavy atom. The zero-order chi connectivity index (χ0) is 18.2. The summed E-state index contributed by atoms with van der Waals surface area (Å²) in [6.45, 7) is 7.82. The van der Waals surface area contributed by atoms with E-state index in [1.54, 1.807) is 0 Å². The van der Waals surface area contributed by atoms with Crippen molar-refractivity contribution >= 4 is 0 Å². The van der Waals surface area contributed by atoms with Crippen molar-refractivity contribution in [2.24, 2.45) is 17.8 Å². The van der Waals surface area contributed by atoms with Crippen LogP contribution in [-0.2, 0) is 15.9 Å². The first-order valence-electron chi connectivity index (χ1n) is 10.7. The third-order valence-electron chi connectivity index (χ3n) is 6.43. The molecule has 0 spiro atoms. The van der Waals surface area contributed by atoms with Crippen LogP contribution in [0.4, 0.5) is 0 Å². The van der Waals surface area contributed by atoms with Gasteiger partial charge >= 0.3 is 0 Å². The molecular formula is C24H36O2. The molecule has 1 heterocycles. The standard InChI is InChI=1S/C24H36O2/c1-3-5-6-7-8-20-11-15-22(16-12-20)24-25-17-23(18-26-24)21-13-9-19(4-2)10-14-21/h3,11-12,15-16,19,21,23-24H,1,4-10,13-14,17-18H2,2H3. The van der Waals surface area contributed by atoms with Gasteiger partial charge in [-0.25, -0.2) is 0 Å². The number of aryl methyl sites for hydroxylation is 1. The van der Waals surface area contributed by atoms with E-state index in [2.05, 4.69) is 37.8 Å². The summed E-state index contributed by atoms with van der Waals surface area (Å²) >= 11 is 0. The summed E-state index contributed by atoms with van der Waals surface area (Å²) in [7, 11) is 0. The first kappa shape index (κ1) is 19.6. The lowest BCUT2D eigenvalue weighted by molar-refractivity contribution is -0.214. The average Bonchev–Trinajstić information content (AvgIpc) is 2.72. The summed E-state index contributed by atoms with van der Waals surface area (Å²) in [5, 5.41) is 0. The largest absolute Gasteiger partial charge is 0.348 e. The molecule has 0 unspecified atom stereocenters. The molecule has 1 saturated heterocycles. The summed E-state index contributed by atoms with van der Waals surface area (Å²) in [6.07, 6.45) is 13.4. The molecule has 2 fully saturated rings. The van der Waals surface area contributed by atoms with Gasteiger partial charge < -0.3 is 9.47 Å². The van der Waals surface area contributed by atoms with Gasteiger partial charge in [0.2, 0.25) is 0 Å². The molecule has 26 heavy (non-hydrogen) atoms. The number of hydrogen-bond donors (Lipinski definition) is 0. The van der Waals surface area contributed by atoms with E-state index in [1.807, 2.05) is 6.08 Å². The Labute approximate surface area is 160 Å². The molecule has 0 N–H and O–H groups in total. The maximum absolute atomic E-state index is 6.10. The van der Waals surface area contributed by atoms with Gasteiger partial charge in [-0.1, -0.05) is 56.5 Å². The van der Waals surface area contributed by atoms with E-state index in [4.69, 9.17) is 9.47 Å². The van der Waals surface area contributed by atoms with Gasteiger partial charge in [-0.3, -0.25) is 0 Å². The second kappa shape index (κ2) is 10.3. The van der Waals surface area contributed by atoms with E-state index in [-0.39, 0.29) is 6.29 Å². The van der Waals surface area contributed by atoms with Crippen LogP contribution in [0.5, 0.6) is 0 Å². The first-order valence-corrected chi connectivity index (χ1v) is 10.7. The average molecular weight is 357 g/mol. The van der Waals surface area contributed by atoms with Crippen LogP contribution < -0.4 is 0 Å². The molecule has 144 valence electrons. The Hall–Kier alpha value is -1.12. The molecular weight excluding hydrogens is 320 g/mol. The molecule has 1 aromatic rings. The highest BCUT2D eigenvalue weighted by atomic mass is 16.7. The monoisotopic (exact) mass is 356 g/mol. The lowest BCUT2D eigenvalue weighted by Crippen LogP contribution is -2.34. The minimum Gasteiger partial charge on any atom is -0.348 e. The van der Waals surface area contributed by atoms with Crippen LogP contribution in [0.25, 0.3) is 0 Å². The minimum atomic E-state index is -0.173. The quantitative estimate of drug-likeness (QED) is 0.393. The Bertz CT molecular complexity index is 520. The van der Waals surface area contributed by atoms with E-state index in [1.165, 1.54) is 50.5 Å². The SMILES string of the molecule is C=CCCCCc1ccc(C2OCC(C3CCC(CC)CC3)CO2)cc1. The van der Waals surface area contributed by atoms with Crippen molar-refractivity contribution in [3.8, 4) is 0 Å². The van der Waals surface area contributed by atoms with Gasteiger partial charge in [-0.15, -0.1) is 6.58 Å². The van der Waals surface area contributed by atoms with Gasteiger partial charge in [-0.05, 0) is 55.9 Å². The molecule has 1 aliphatic carbocycles. The number of unbranched alkanes of at least 4 members (excludes halogenated alkanes) is 2. The third-order valence-corrected chi connectivity index (χ3v) is 6.43. The van der Waals surface area contributed by atoms with Crippen molar-refractivity contribution in [1.29, 1.82) is 0 Å². The molecule has 0 atom stereocenters. The highest BCUT2D eigenvalue weighted by Crippen LogP contribution is 2.38. The minimum absolute atomic E-state index is 0.173. The number of allylic oxidation sites excluding steroid dienone is 1. The summed E-state index contributed by atoms with van der Waals surface area (Å²) < 4.78 is 12.2. The van der Waals surface area contributed by atoms with E-state index in [0.29, 0.717) is 5.92 Å². The maximum Gasteiger partial charge on any atom is 0.183 e. The molecule has 0 radical (unpaired) electrons. The molecule has 2 nitrogen and oxygen atoms in total. The summed E-state index contributed by atoms with van der Waals surface area (Å²) in [5.74, 6) is 2.35. The molecule has 2 aliphatic rings. The highest BCUT2D eigenvalue weighted by molar-refractivity contribution is 5.23. The fraction of sp³-hybridized carbons (Fsp3) is 0.667. The molecule has 1 aromatic carbocycles. The molecule has 3 rings (SSSR count). The van der Waals surface area contributed by atoms with Crippen molar-refractivity contribution < 1.29 is 9.47 Å². The first-order chi connectivity index (χ1) is 12.8. The number of rotatable bonds is 8. The normalized spacial score (nSPS) is 29.4. The lowest BCUT2D eigenvalue weighted by atomic mass is 9.75. The zero-order valence-corrected chi connectivity index (χ0v) is 16.5. The summed E-state index contributed by atoms with van der Waals surface area (Å²) in [6, 6.07) is 8.82. The van der Waals surface area contributed by atoms with Crippen molar-refractivity contribution in [1.82, 2.24) is 0 Å². The van der Waals surface area contributed by atoms with E-state index in [9.17, 15) is 0 Å². The maximum atomic E-state index is 6.10. The number of hydrogen-bond acceptors (Lipinski definition) is 2. The predicted molar refractivity (Wildman–Crippen MR) is 108 cm³/mol. The second-order valence-electron chi connectivity index (χ2n) is 8.22. The molecule has 1 aliphatic heterocycles. The third kappa shape index (κ3) is 5.44. The Kier molecular flexibility index (Phi) is 7.76. The van der Waals surface area contributed by atoms with Crippen LogP contribution in [-0.4, -0.2) is 13.2 Å². The molecule has 0 amide bonds. The molecule has 2 heteroatoms. The van der Waals surface area contributed by atoms with Crippen molar-refractivity contribution in [2.75, 3.05) is 13.2 Å². The van der Waals surface area contributed by atoms with Crippen molar-refractivity contribution in [3.63, 3.8) is 0 Å². The Balaban J connectivity index is 1.42. The van der Waals surface area contributed by atoms with Crippen molar-refractivity contribution in [3.05, 3.63) is 48.0 Å². The Morgan fingerprint density at radius 1 is 0.962 bits per heavy atom. The predicted octanol–water partition coefficient (Wildman–Crippen LogP) is 6.46. The second-order valence-corrected chi connectivity index (χ2v) is 8.22. The van der Waals surface area contributed by atoms with Gasteiger partial charge in [0.1, 0.15) is 0 Å². The fourth-order valence-electron chi connectivity index (χ4n) is 4.51. The summed E-state index contributed by atoms with van der Waals surface area (Å²) in [5.41, 5.74) is 2.56. The van der Waals surface area contributed by atoms with Gasteiger partial charge in [-0.2, -0.15) is 0 Å². The lowest BCUT2D eigenvalue weighted by Gasteiger charge is -2.37. The van der Waals surface area contributed by atoms with Gasteiger partial charge in [0, 0.05) is 11.5 Å². The molecule has 0 aromatic heterocycles. The smallest absolute Gasteiger partial charge is 0.183 e. The summed E-state index contributed by atoms with van der Waals surface area (Å²) in [4.78, 5) is 0. The van der Waals surface area contributed by atoms with Crippen LogP contribution in [0.2, 0.25) is 0 Å². The van der Waals surface area contributed by atoms with Gasteiger partial charge in [0.15, 0.2) is 6.29 Å². The van der Waals surface area contributed by atoms with E-state index in [0.717, 1.165) is 43.5 Å². The zero-order valence-electron chi connectivity index (χ0n) is 16.5. The van der Waals surface area contributed by atoms with Crippen LogP contribution in [0.3, 0.4) is 0 Å². The molecule has 0 bridgehead atoms. The van der Waals surface area contributed by atoms with Crippen LogP contribution in [0.15, 0.2) is 36.9 Å². The Morgan fingerprint density at radius 3 is 2.27 bits per heavy atom. The van der Waals surface area contributed by atoms with Crippen LogP contribution in [0, 0.1) is 17.8 Å². The fourth-order valence-corrected chi connectivity index (χ4v) is 4.51. The van der Waals surface area contributed by atoms with Crippen LogP contribution in [0.1, 0.15) is 75.7 Å².